The number of benzene rings is 2. The van der Waals surface area contributed by atoms with Crippen molar-refractivity contribution in [2.75, 3.05) is 13.1 Å². The summed E-state index contributed by atoms with van der Waals surface area (Å²) in [4.78, 5) is 3.27. The lowest BCUT2D eigenvalue weighted by Crippen LogP contribution is -2.33. The van der Waals surface area contributed by atoms with E-state index in [2.05, 4.69) is 67.3 Å². The van der Waals surface area contributed by atoms with Crippen LogP contribution in [-0.4, -0.2) is 23.0 Å². The molecular formula is C18H21NS. The van der Waals surface area contributed by atoms with Crippen LogP contribution in [0.2, 0.25) is 0 Å². The maximum atomic E-state index is 5.79. The van der Waals surface area contributed by atoms with E-state index in [1.807, 2.05) is 12.1 Å². The summed E-state index contributed by atoms with van der Waals surface area (Å²) in [5, 5.41) is 0. The minimum Gasteiger partial charge on any atom is -0.366 e. The van der Waals surface area contributed by atoms with Crippen LogP contribution in [0.3, 0.4) is 0 Å². The number of thiocarbonyl (C=S) groups is 1. The Bertz CT molecular complexity index is 492. The van der Waals surface area contributed by atoms with E-state index in [1.54, 1.807) is 0 Å². The Hall–Kier alpha value is -1.67. The third-order valence-electron chi connectivity index (χ3n) is 3.59. The summed E-state index contributed by atoms with van der Waals surface area (Å²) in [5.41, 5.74) is 2.52. The summed E-state index contributed by atoms with van der Waals surface area (Å²) in [6.07, 6.45) is 0. The average Bonchev–Trinajstić information content (AvgIpc) is 2.51. The Kier molecular flexibility index (Phi) is 5.31. The van der Waals surface area contributed by atoms with Gasteiger partial charge in [-0.1, -0.05) is 72.9 Å². The van der Waals surface area contributed by atoms with Gasteiger partial charge < -0.3 is 4.90 Å². The van der Waals surface area contributed by atoms with Crippen LogP contribution in [0.4, 0.5) is 0 Å². The van der Waals surface area contributed by atoms with Gasteiger partial charge in [0, 0.05) is 13.1 Å². The van der Waals surface area contributed by atoms with Crippen molar-refractivity contribution >= 4 is 17.2 Å². The Labute approximate surface area is 127 Å². The maximum absolute atomic E-state index is 5.79. The normalized spacial score (nSPS) is 10.6. The molecule has 0 heterocycles. The fourth-order valence-electron chi connectivity index (χ4n) is 2.49. The molecule has 0 bridgehead atoms. The molecule has 0 atom stereocenters. The lowest BCUT2D eigenvalue weighted by molar-refractivity contribution is 0.462. The third-order valence-corrected chi connectivity index (χ3v) is 4.08. The van der Waals surface area contributed by atoms with Gasteiger partial charge in [0.2, 0.25) is 0 Å². The monoisotopic (exact) mass is 283 g/mol. The highest BCUT2D eigenvalue weighted by Crippen LogP contribution is 2.27. The summed E-state index contributed by atoms with van der Waals surface area (Å²) >= 11 is 5.79. The average molecular weight is 283 g/mol. The van der Waals surface area contributed by atoms with Gasteiger partial charge in [0.05, 0.1) is 10.9 Å². The molecule has 0 aliphatic heterocycles. The van der Waals surface area contributed by atoms with E-state index >= 15 is 0 Å². The van der Waals surface area contributed by atoms with Gasteiger partial charge in [-0.15, -0.1) is 0 Å². The van der Waals surface area contributed by atoms with Crippen LogP contribution in [0.15, 0.2) is 60.7 Å². The molecule has 2 heteroatoms. The van der Waals surface area contributed by atoms with Gasteiger partial charge in [0.25, 0.3) is 0 Å². The van der Waals surface area contributed by atoms with Crippen molar-refractivity contribution in [2.45, 2.75) is 19.8 Å². The van der Waals surface area contributed by atoms with E-state index in [-0.39, 0.29) is 5.92 Å². The summed E-state index contributed by atoms with van der Waals surface area (Å²) in [7, 11) is 0. The zero-order valence-electron chi connectivity index (χ0n) is 12.1. The molecule has 0 saturated carbocycles. The highest BCUT2D eigenvalue weighted by atomic mass is 32.1. The molecule has 0 aliphatic carbocycles. The summed E-state index contributed by atoms with van der Waals surface area (Å²) in [6.45, 7) is 6.21. The predicted octanol–water partition coefficient (Wildman–Crippen LogP) is 4.49. The Morgan fingerprint density at radius 2 is 1.25 bits per heavy atom. The van der Waals surface area contributed by atoms with Crippen molar-refractivity contribution in [3.8, 4) is 0 Å². The Morgan fingerprint density at radius 3 is 1.60 bits per heavy atom. The molecule has 0 fully saturated rings. The van der Waals surface area contributed by atoms with Crippen LogP contribution in [-0.2, 0) is 0 Å². The van der Waals surface area contributed by atoms with Gasteiger partial charge in [-0.2, -0.15) is 0 Å². The van der Waals surface area contributed by atoms with E-state index in [0.29, 0.717) is 0 Å². The fourth-order valence-corrected chi connectivity index (χ4v) is 3.02. The summed E-state index contributed by atoms with van der Waals surface area (Å²) < 4.78 is 0. The molecular weight excluding hydrogens is 262 g/mol. The van der Waals surface area contributed by atoms with Crippen LogP contribution in [0.5, 0.6) is 0 Å². The molecule has 0 amide bonds. The molecule has 0 radical (unpaired) electrons. The smallest absolute Gasteiger partial charge is 0.0899 e. The van der Waals surface area contributed by atoms with E-state index in [9.17, 15) is 0 Å². The van der Waals surface area contributed by atoms with Gasteiger partial charge in [-0.3, -0.25) is 0 Å². The van der Waals surface area contributed by atoms with E-state index in [1.165, 1.54) is 11.1 Å². The van der Waals surface area contributed by atoms with Gasteiger partial charge in [0.1, 0.15) is 0 Å². The highest BCUT2D eigenvalue weighted by Gasteiger charge is 2.22. The number of hydrogen-bond acceptors (Lipinski definition) is 1. The SMILES string of the molecule is CCN(CC)C(=S)C(c1ccccc1)c1ccccc1. The zero-order chi connectivity index (χ0) is 14.4. The molecule has 0 aromatic heterocycles. The number of hydrogen-bond donors (Lipinski definition) is 0. The largest absolute Gasteiger partial charge is 0.366 e. The Morgan fingerprint density at radius 1 is 0.850 bits per heavy atom. The second kappa shape index (κ2) is 7.20. The van der Waals surface area contributed by atoms with Gasteiger partial charge in [-0.25, -0.2) is 0 Å². The molecule has 0 aliphatic rings. The van der Waals surface area contributed by atoms with Gasteiger partial charge >= 0.3 is 0 Å². The van der Waals surface area contributed by atoms with Crippen LogP contribution in [0.1, 0.15) is 30.9 Å². The first-order valence-electron chi connectivity index (χ1n) is 7.16. The number of nitrogens with zero attached hydrogens (tertiary/aromatic N) is 1. The van der Waals surface area contributed by atoms with Crippen molar-refractivity contribution in [1.82, 2.24) is 4.90 Å². The fraction of sp³-hybridized carbons (Fsp3) is 0.278. The number of likely N-dealkylation sites (N-methyl/N-ethyl adjacent to an activating group) is 1. The van der Waals surface area contributed by atoms with Crippen molar-refractivity contribution < 1.29 is 0 Å². The molecule has 2 aromatic rings. The molecule has 0 spiro atoms. The van der Waals surface area contributed by atoms with E-state index < -0.39 is 0 Å². The van der Waals surface area contributed by atoms with Gasteiger partial charge in [0.15, 0.2) is 0 Å². The second-order valence-electron chi connectivity index (χ2n) is 4.76. The van der Waals surface area contributed by atoms with Crippen molar-refractivity contribution in [2.24, 2.45) is 0 Å². The van der Waals surface area contributed by atoms with Gasteiger partial charge in [-0.05, 0) is 25.0 Å². The molecule has 2 aromatic carbocycles. The van der Waals surface area contributed by atoms with Crippen LogP contribution in [0, 0.1) is 0 Å². The zero-order valence-corrected chi connectivity index (χ0v) is 12.9. The lowest BCUT2D eigenvalue weighted by Gasteiger charge is -2.29. The quantitative estimate of drug-likeness (QED) is 0.744. The molecule has 0 N–H and O–H groups in total. The summed E-state index contributed by atoms with van der Waals surface area (Å²) in [6, 6.07) is 21.1. The Balaban J connectivity index is 2.43. The van der Waals surface area contributed by atoms with Crippen LogP contribution in [0.25, 0.3) is 0 Å². The summed E-state index contributed by atoms with van der Waals surface area (Å²) in [5.74, 6) is 0.160. The first-order valence-corrected chi connectivity index (χ1v) is 7.57. The first kappa shape index (κ1) is 14.7. The molecule has 1 nitrogen and oxygen atoms in total. The minimum atomic E-state index is 0.160. The minimum absolute atomic E-state index is 0.160. The second-order valence-corrected chi connectivity index (χ2v) is 5.18. The highest BCUT2D eigenvalue weighted by molar-refractivity contribution is 7.80. The molecule has 0 saturated heterocycles. The molecule has 104 valence electrons. The van der Waals surface area contributed by atoms with E-state index in [4.69, 9.17) is 12.2 Å². The van der Waals surface area contributed by atoms with Crippen LogP contribution >= 0.6 is 12.2 Å². The van der Waals surface area contributed by atoms with Crippen LogP contribution < -0.4 is 0 Å². The standard InChI is InChI=1S/C18H21NS/c1-3-19(4-2)18(20)17(15-11-7-5-8-12-15)16-13-9-6-10-14-16/h5-14,17H,3-4H2,1-2H3. The van der Waals surface area contributed by atoms with Crippen molar-refractivity contribution in [3.05, 3.63) is 71.8 Å². The predicted molar refractivity (Wildman–Crippen MR) is 90.2 cm³/mol. The first-order chi connectivity index (χ1) is 9.77. The van der Waals surface area contributed by atoms with E-state index in [0.717, 1.165) is 18.1 Å². The topological polar surface area (TPSA) is 3.24 Å². The molecule has 2 rings (SSSR count). The number of rotatable bonds is 5. The van der Waals surface area contributed by atoms with Crippen molar-refractivity contribution in [3.63, 3.8) is 0 Å². The maximum Gasteiger partial charge on any atom is 0.0899 e. The third kappa shape index (κ3) is 3.26. The molecule has 0 unspecified atom stereocenters. The molecule has 20 heavy (non-hydrogen) atoms. The van der Waals surface area contributed by atoms with Crippen molar-refractivity contribution in [1.29, 1.82) is 0 Å². The lowest BCUT2D eigenvalue weighted by atomic mass is 9.90.